The third-order valence-corrected chi connectivity index (χ3v) is 6.18. The minimum absolute atomic E-state index is 0.0803. The van der Waals surface area contributed by atoms with Gasteiger partial charge in [0.25, 0.3) is 0 Å². The highest BCUT2D eigenvalue weighted by Gasteiger charge is 2.17. The molecule has 37 heavy (non-hydrogen) atoms. The van der Waals surface area contributed by atoms with Crippen LogP contribution in [0.1, 0.15) is 33.1 Å². The van der Waals surface area contributed by atoms with Crippen LogP contribution in [0.4, 0.5) is 11.8 Å². The third-order valence-electron chi connectivity index (χ3n) is 5.91. The summed E-state index contributed by atoms with van der Waals surface area (Å²) in [5, 5.41) is 9.72. The number of piperazine rings is 1. The van der Waals surface area contributed by atoms with Crippen molar-refractivity contribution in [1.29, 1.82) is 0 Å². The van der Waals surface area contributed by atoms with Gasteiger partial charge in [0.1, 0.15) is 5.02 Å². The van der Waals surface area contributed by atoms with Gasteiger partial charge >= 0.3 is 0 Å². The number of amides is 1. The second-order valence-electron chi connectivity index (χ2n) is 8.85. The summed E-state index contributed by atoms with van der Waals surface area (Å²) in [4.78, 5) is 25.2. The Morgan fingerprint density at radius 1 is 1.30 bits per heavy atom. The molecule has 2 heterocycles. The van der Waals surface area contributed by atoms with E-state index < -0.39 is 0 Å². The Morgan fingerprint density at radius 2 is 2.05 bits per heavy atom. The summed E-state index contributed by atoms with van der Waals surface area (Å²) < 4.78 is 5.48. The van der Waals surface area contributed by atoms with Crippen LogP contribution in [0.15, 0.2) is 54.5 Å². The van der Waals surface area contributed by atoms with Gasteiger partial charge in [-0.05, 0) is 51.5 Å². The molecule has 0 spiro atoms. The van der Waals surface area contributed by atoms with Crippen LogP contribution in [0.5, 0.6) is 0 Å². The second-order valence-corrected chi connectivity index (χ2v) is 9.26. The Bertz CT molecular complexity index is 956. The monoisotopic (exact) mass is 531 g/mol. The average molecular weight is 532 g/mol. The maximum absolute atomic E-state index is 11.6. The van der Waals surface area contributed by atoms with Crippen molar-refractivity contribution < 1.29 is 9.53 Å². The van der Waals surface area contributed by atoms with E-state index in [9.17, 15) is 4.79 Å². The number of carbonyl (C=O) groups is 1. The number of hydrogen-bond acceptors (Lipinski definition) is 8. The number of nitrogens with one attached hydrogen (secondary N) is 3. The van der Waals surface area contributed by atoms with Gasteiger partial charge in [-0.2, -0.15) is 4.98 Å². The Balaban J connectivity index is 1.88. The minimum atomic E-state index is -0.244. The molecule has 10 heteroatoms. The smallest absolute Gasteiger partial charge is 0.247 e. The maximum atomic E-state index is 11.6. The van der Waals surface area contributed by atoms with Crippen molar-refractivity contribution in [2.24, 2.45) is 0 Å². The Morgan fingerprint density at radius 3 is 2.73 bits per heavy atom. The van der Waals surface area contributed by atoms with Gasteiger partial charge in [-0.15, -0.1) is 0 Å². The molecule has 1 saturated heterocycles. The number of nitrogens with zero attached hydrogens (tertiary/aromatic N) is 4. The van der Waals surface area contributed by atoms with Gasteiger partial charge in [-0.1, -0.05) is 37.3 Å². The lowest BCUT2D eigenvalue weighted by molar-refractivity contribution is -0.115. The number of likely N-dealkylation sites (N-methyl/N-ethyl adjacent to an activating group) is 1. The summed E-state index contributed by atoms with van der Waals surface area (Å²) in [7, 11) is 3.91. The lowest BCUT2D eigenvalue weighted by atomic mass is 10.1. The number of carbonyl (C=O) groups excluding carboxylic acids is 1. The number of anilines is 2. The van der Waals surface area contributed by atoms with Crippen molar-refractivity contribution in [3.8, 4) is 0 Å². The number of methoxy groups -OCH3 is 1. The van der Waals surface area contributed by atoms with Crippen molar-refractivity contribution >= 4 is 29.3 Å². The van der Waals surface area contributed by atoms with E-state index in [1.54, 1.807) is 13.3 Å². The van der Waals surface area contributed by atoms with Crippen LogP contribution in [-0.2, 0) is 9.53 Å². The van der Waals surface area contributed by atoms with Crippen molar-refractivity contribution in [1.82, 2.24) is 25.1 Å². The summed E-state index contributed by atoms with van der Waals surface area (Å²) in [6, 6.07) is 0. The molecule has 0 radical (unpaired) electrons. The average Bonchev–Trinajstić information content (AvgIpc) is 2.90. The topological polar surface area (TPSA) is 94.6 Å². The summed E-state index contributed by atoms with van der Waals surface area (Å²) in [5.74, 6) is 0.828. The minimum Gasteiger partial charge on any atom is -0.378 e. The normalized spacial score (nSPS) is 16.1. The molecular formula is C27H42ClN7O2. The summed E-state index contributed by atoms with van der Waals surface area (Å²) in [6.07, 6.45) is 13.5. The first kappa shape index (κ1) is 30.3. The van der Waals surface area contributed by atoms with Gasteiger partial charge < -0.3 is 30.5 Å². The highest BCUT2D eigenvalue weighted by atomic mass is 35.5. The second kappa shape index (κ2) is 16.8. The largest absolute Gasteiger partial charge is 0.378 e. The van der Waals surface area contributed by atoms with E-state index in [1.165, 1.54) is 11.8 Å². The van der Waals surface area contributed by atoms with Gasteiger partial charge in [0, 0.05) is 57.8 Å². The highest BCUT2D eigenvalue weighted by molar-refractivity contribution is 6.32. The maximum Gasteiger partial charge on any atom is 0.247 e. The quantitative estimate of drug-likeness (QED) is 0.177. The molecule has 0 saturated carbocycles. The molecule has 204 valence electrons. The molecule has 1 amide bonds. The van der Waals surface area contributed by atoms with Crippen LogP contribution in [0.2, 0.25) is 5.02 Å². The predicted octanol–water partition coefficient (Wildman–Crippen LogP) is 4.05. The molecule has 0 aliphatic carbocycles. The van der Waals surface area contributed by atoms with E-state index in [1.807, 2.05) is 25.2 Å². The number of rotatable bonds is 15. The SMILES string of the molecule is C=CC(=O)NC(/C=C/CNc1nc(NCCC/C(=C\C(C)OC)N2CCN(C)CC2)ncc1Cl)=C/CC. The third kappa shape index (κ3) is 11.4. The molecule has 1 atom stereocenters. The van der Waals surface area contributed by atoms with E-state index in [0.717, 1.165) is 57.7 Å². The van der Waals surface area contributed by atoms with E-state index >= 15 is 0 Å². The first-order chi connectivity index (χ1) is 17.9. The van der Waals surface area contributed by atoms with E-state index in [0.29, 0.717) is 23.3 Å². The molecule has 1 aliphatic heterocycles. The van der Waals surface area contributed by atoms with Crippen molar-refractivity contribution in [2.75, 3.05) is 64.1 Å². The van der Waals surface area contributed by atoms with Crippen LogP contribution in [0.25, 0.3) is 0 Å². The van der Waals surface area contributed by atoms with E-state index in [-0.39, 0.29) is 12.0 Å². The number of hydrogen-bond donors (Lipinski definition) is 3. The number of allylic oxidation sites excluding steroid dienone is 3. The van der Waals surface area contributed by atoms with Gasteiger partial charge in [-0.3, -0.25) is 4.79 Å². The van der Waals surface area contributed by atoms with Crippen molar-refractivity contribution in [3.63, 3.8) is 0 Å². The van der Waals surface area contributed by atoms with Crippen LogP contribution in [0.3, 0.4) is 0 Å². The molecule has 1 aliphatic rings. The standard InChI is InChI=1S/C27H42ClN7O2/c1-6-10-22(32-25(36)7-2)11-8-13-29-26-24(28)20-31-27(33-26)30-14-9-12-23(19-21(3)37-5)35-17-15-34(4)16-18-35/h7-8,10-11,19-21H,2,6,9,12-18H2,1,3-5H3,(H,32,36)(H2,29,30,31,33)/b11-8+,22-10+,23-19+. The van der Waals surface area contributed by atoms with Crippen LogP contribution < -0.4 is 16.0 Å². The highest BCUT2D eigenvalue weighted by Crippen LogP contribution is 2.20. The Kier molecular flexibility index (Phi) is 13.8. The summed E-state index contributed by atoms with van der Waals surface area (Å²) in [6.45, 7) is 13.0. The number of ether oxygens (including phenoxy) is 1. The Labute approximate surface area is 226 Å². The molecule has 1 unspecified atom stereocenters. The lowest BCUT2D eigenvalue weighted by Gasteiger charge is -2.36. The van der Waals surface area contributed by atoms with E-state index in [4.69, 9.17) is 16.3 Å². The van der Waals surface area contributed by atoms with E-state index in [2.05, 4.69) is 62.3 Å². The van der Waals surface area contributed by atoms with Gasteiger partial charge in [0.05, 0.1) is 12.3 Å². The molecule has 1 aromatic rings. The van der Waals surface area contributed by atoms with Crippen molar-refractivity contribution in [3.05, 3.63) is 59.6 Å². The molecular weight excluding hydrogens is 490 g/mol. The van der Waals surface area contributed by atoms with Crippen LogP contribution >= 0.6 is 11.6 Å². The molecule has 3 N–H and O–H groups in total. The zero-order valence-electron chi connectivity index (χ0n) is 22.6. The van der Waals surface area contributed by atoms with Crippen LogP contribution in [0, 0.1) is 0 Å². The van der Waals surface area contributed by atoms with Crippen LogP contribution in [-0.4, -0.2) is 85.2 Å². The first-order valence-electron chi connectivity index (χ1n) is 12.8. The van der Waals surface area contributed by atoms with Gasteiger partial charge in [-0.25, -0.2) is 4.98 Å². The zero-order valence-corrected chi connectivity index (χ0v) is 23.4. The fourth-order valence-corrected chi connectivity index (χ4v) is 3.90. The lowest BCUT2D eigenvalue weighted by Crippen LogP contribution is -2.44. The Hall–Kier alpha value is -2.88. The molecule has 1 aromatic heterocycles. The number of aromatic nitrogens is 2. The zero-order chi connectivity index (χ0) is 27.0. The van der Waals surface area contributed by atoms with Gasteiger partial charge in [0.15, 0.2) is 5.82 Å². The predicted molar refractivity (Wildman–Crippen MR) is 153 cm³/mol. The molecule has 2 rings (SSSR count). The van der Waals surface area contributed by atoms with Crippen molar-refractivity contribution in [2.45, 2.75) is 39.2 Å². The molecule has 0 aromatic carbocycles. The number of halogens is 1. The molecule has 0 bridgehead atoms. The first-order valence-corrected chi connectivity index (χ1v) is 13.2. The molecule has 1 fully saturated rings. The summed E-state index contributed by atoms with van der Waals surface area (Å²) in [5.41, 5.74) is 2.05. The fraction of sp³-hybridized carbons (Fsp3) is 0.519. The van der Waals surface area contributed by atoms with Gasteiger partial charge in [0.2, 0.25) is 11.9 Å². The molecule has 9 nitrogen and oxygen atoms in total. The summed E-state index contributed by atoms with van der Waals surface area (Å²) >= 11 is 6.29. The fourth-order valence-electron chi connectivity index (χ4n) is 3.74.